The van der Waals surface area contributed by atoms with Crippen LogP contribution in [0.5, 0.6) is 0 Å². The van der Waals surface area contributed by atoms with Crippen LogP contribution in [0.25, 0.3) is 0 Å². The zero-order chi connectivity index (χ0) is 4.91. The molecule has 0 aromatic rings. The van der Waals surface area contributed by atoms with Crippen LogP contribution in [0.1, 0.15) is 6.42 Å². The van der Waals surface area contributed by atoms with Gasteiger partial charge in [-0.3, -0.25) is 0 Å². The Kier molecular flexibility index (Phi) is 1.26. The van der Waals surface area contributed by atoms with Crippen molar-refractivity contribution in [3.63, 3.8) is 0 Å². The van der Waals surface area contributed by atoms with Crippen molar-refractivity contribution in [3.8, 4) is 0 Å². The SMILES string of the molecule is Cl.N[C@]12COC[C@H]1C2. The lowest BCUT2D eigenvalue weighted by molar-refractivity contribution is 0.161. The molecule has 0 unspecified atom stereocenters. The maximum absolute atomic E-state index is 5.73. The number of halogens is 1. The van der Waals surface area contributed by atoms with Gasteiger partial charge < -0.3 is 10.5 Å². The van der Waals surface area contributed by atoms with Gasteiger partial charge in [0.2, 0.25) is 0 Å². The molecular weight excluding hydrogens is 126 g/mol. The third kappa shape index (κ3) is 0.642. The van der Waals surface area contributed by atoms with Gasteiger partial charge in [0, 0.05) is 11.5 Å². The number of hydrogen-bond donors (Lipinski definition) is 1. The maximum Gasteiger partial charge on any atom is 0.0650 e. The van der Waals surface area contributed by atoms with E-state index in [0.29, 0.717) is 5.92 Å². The fraction of sp³-hybridized carbons (Fsp3) is 1.00. The Morgan fingerprint density at radius 2 is 2.38 bits per heavy atom. The van der Waals surface area contributed by atoms with Crippen molar-refractivity contribution >= 4 is 12.4 Å². The summed E-state index contributed by atoms with van der Waals surface area (Å²) in [6, 6.07) is 0. The molecule has 2 rings (SSSR count). The number of rotatable bonds is 0. The minimum Gasteiger partial charge on any atom is -0.379 e. The van der Waals surface area contributed by atoms with Gasteiger partial charge in [-0.25, -0.2) is 0 Å². The first-order valence-electron chi connectivity index (χ1n) is 2.68. The zero-order valence-electron chi connectivity index (χ0n) is 4.59. The van der Waals surface area contributed by atoms with E-state index in [1.165, 1.54) is 6.42 Å². The Morgan fingerprint density at radius 1 is 1.62 bits per heavy atom. The molecular formula is C5H10ClNO. The summed E-state index contributed by atoms with van der Waals surface area (Å²) in [6.45, 7) is 1.72. The van der Waals surface area contributed by atoms with Gasteiger partial charge in [-0.15, -0.1) is 12.4 Å². The number of hydrogen-bond acceptors (Lipinski definition) is 2. The molecule has 0 spiro atoms. The van der Waals surface area contributed by atoms with E-state index >= 15 is 0 Å². The van der Waals surface area contributed by atoms with Crippen molar-refractivity contribution in [2.45, 2.75) is 12.0 Å². The molecule has 1 heterocycles. The molecule has 1 aliphatic heterocycles. The van der Waals surface area contributed by atoms with E-state index in [1.54, 1.807) is 0 Å². The predicted octanol–water partition coefficient (Wildman–Crippen LogP) is 0.156. The van der Waals surface area contributed by atoms with Crippen LogP contribution in [0, 0.1) is 5.92 Å². The molecule has 1 aliphatic carbocycles. The highest BCUT2D eigenvalue weighted by Gasteiger charge is 2.55. The Bertz CT molecular complexity index is 107. The van der Waals surface area contributed by atoms with E-state index in [0.717, 1.165) is 13.2 Å². The van der Waals surface area contributed by atoms with Crippen molar-refractivity contribution in [2.24, 2.45) is 11.7 Å². The minimum atomic E-state index is 0. The zero-order valence-corrected chi connectivity index (χ0v) is 5.41. The summed E-state index contributed by atoms with van der Waals surface area (Å²) in [7, 11) is 0. The first kappa shape index (κ1) is 6.33. The van der Waals surface area contributed by atoms with E-state index in [-0.39, 0.29) is 17.9 Å². The van der Waals surface area contributed by atoms with E-state index in [9.17, 15) is 0 Å². The second kappa shape index (κ2) is 1.59. The van der Waals surface area contributed by atoms with Crippen LogP contribution in [0.2, 0.25) is 0 Å². The van der Waals surface area contributed by atoms with E-state index in [4.69, 9.17) is 10.5 Å². The predicted molar refractivity (Wildman–Crippen MR) is 33.1 cm³/mol. The quantitative estimate of drug-likeness (QED) is 0.514. The van der Waals surface area contributed by atoms with Crippen LogP contribution in [0.15, 0.2) is 0 Å². The second-order valence-corrected chi connectivity index (χ2v) is 2.65. The van der Waals surface area contributed by atoms with Gasteiger partial charge in [0.15, 0.2) is 0 Å². The summed E-state index contributed by atoms with van der Waals surface area (Å²) in [5.74, 6) is 0.715. The van der Waals surface area contributed by atoms with Crippen molar-refractivity contribution < 1.29 is 4.74 Å². The smallest absolute Gasteiger partial charge is 0.0650 e. The summed E-state index contributed by atoms with van der Waals surface area (Å²) in [4.78, 5) is 0. The molecule has 2 N–H and O–H groups in total. The Hall–Kier alpha value is 0.210. The van der Waals surface area contributed by atoms with Crippen LogP contribution in [0.3, 0.4) is 0 Å². The first-order valence-corrected chi connectivity index (χ1v) is 2.68. The highest BCUT2D eigenvalue weighted by Crippen LogP contribution is 2.45. The third-order valence-electron chi connectivity index (χ3n) is 1.97. The summed E-state index contributed by atoms with van der Waals surface area (Å²) in [5.41, 5.74) is 5.87. The average Bonchev–Trinajstić information content (AvgIpc) is 2.09. The second-order valence-electron chi connectivity index (χ2n) is 2.65. The summed E-state index contributed by atoms with van der Waals surface area (Å²) in [6.07, 6.45) is 1.20. The minimum absolute atomic E-state index is 0. The molecule has 0 amide bonds. The van der Waals surface area contributed by atoms with E-state index in [1.807, 2.05) is 0 Å². The highest BCUT2D eigenvalue weighted by atomic mass is 35.5. The Balaban J connectivity index is 0.000000320. The maximum atomic E-state index is 5.73. The molecule has 0 radical (unpaired) electrons. The molecule has 2 nitrogen and oxygen atoms in total. The molecule has 3 heteroatoms. The summed E-state index contributed by atoms with van der Waals surface area (Å²) in [5, 5.41) is 0. The Labute approximate surface area is 54.8 Å². The molecule has 2 fully saturated rings. The molecule has 0 bridgehead atoms. The van der Waals surface area contributed by atoms with Gasteiger partial charge in [0.25, 0.3) is 0 Å². The number of ether oxygens (including phenoxy) is 1. The van der Waals surface area contributed by atoms with Gasteiger partial charge >= 0.3 is 0 Å². The molecule has 1 saturated heterocycles. The van der Waals surface area contributed by atoms with Crippen LogP contribution >= 0.6 is 12.4 Å². The van der Waals surface area contributed by atoms with Gasteiger partial charge in [0.05, 0.1) is 13.2 Å². The lowest BCUT2D eigenvalue weighted by Gasteiger charge is -1.97. The summed E-state index contributed by atoms with van der Waals surface area (Å²) < 4.78 is 5.08. The van der Waals surface area contributed by atoms with Crippen LogP contribution in [-0.2, 0) is 4.74 Å². The topological polar surface area (TPSA) is 35.2 Å². The van der Waals surface area contributed by atoms with Crippen molar-refractivity contribution in [3.05, 3.63) is 0 Å². The average molecular weight is 136 g/mol. The first-order chi connectivity index (χ1) is 3.31. The number of nitrogens with two attached hydrogens (primary N) is 1. The fourth-order valence-corrected chi connectivity index (χ4v) is 1.19. The van der Waals surface area contributed by atoms with Crippen molar-refractivity contribution in [1.29, 1.82) is 0 Å². The molecule has 48 valence electrons. The van der Waals surface area contributed by atoms with Gasteiger partial charge in [-0.05, 0) is 6.42 Å². The van der Waals surface area contributed by atoms with Gasteiger partial charge in [-0.1, -0.05) is 0 Å². The fourth-order valence-electron chi connectivity index (χ4n) is 1.19. The highest BCUT2D eigenvalue weighted by molar-refractivity contribution is 5.85. The van der Waals surface area contributed by atoms with E-state index in [2.05, 4.69) is 0 Å². The lowest BCUT2D eigenvalue weighted by atomic mass is 10.3. The van der Waals surface area contributed by atoms with Gasteiger partial charge in [0.1, 0.15) is 0 Å². The van der Waals surface area contributed by atoms with Crippen LogP contribution < -0.4 is 5.73 Å². The van der Waals surface area contributed by atoms with E-state index < -0.39 is 0 Å². The van der Waals surface area contributed by atoms with Crippen LogP contribution in [0.4, 0.5) is 0 Å². The molecule has 2 aliphatic rings. The molecule has 0 aromatic heterocycles. The monoisotopic (exact) mass is 135 g/mol. The largest absolute Gasteiger partial charge is 0.379 e. The summed E-state index contributed by atoms with van der Waals surface area (Å²) >= 11 is 0. The third-order valence-corrected chi connectivity index (χ3v) is 1.97. The molecule has 0 aromatic carbocycles. The number of fused-ring (bicyclic) bond motifs is 1. The van der Waals surface area contributed by atoms with Gasteiger partial charge in [-0.2, -0.15) is 0 Å². The molecule has 2 atom stereocenters. The normalized spacial score (nSPS) is 49.9. The lowest BCUT2D eigenvalue weighted by Crippen LogP contribution is -2.25. The van der Waals surface area contributed by atoms with Crippen molar-refractivity contribution in [1.82, 2.24) is 0 Å². The standard InChI is InChI=1S/C5H9NO.ClH/c6-5-1-4(5)2-7-3-5;/h4H,1-3,6H2;1H/t4-,5-;/m1./s1. The van der Waals surface area contributed by atoms with Crippen molar-refractivity contribution in [2.75, 3.05) is 13.2 Å². The Morgan fingerprint density at radius 3 is 2.50 bits per heavy atom. The van der Waals surface area contributed by atoms with Crippen LogP contribution in [-0.4, -0.2) is 18.8 Å². The molecule has 8 heavy (non-hydrogen) atoms. The molecule has 1 saturated carbocycles.